The number of anilines is 1. The van der Waals surface area contributed by atoms with E-state index < -0.39 is 5.97 Å². The second-order valence-electron chi connectivity index (χ2n) is 4.34. The van der Waals surface area contributed by atoms with Crippen molar-refractivity contribution in [1.29, 1.82) is 0 Å². The maximum Gasteiger partial charge on any atom is 0.341 e. The third kappa shape index (κ3) is 2.03. The first-order chi connectivity index (χ1) is 7.70. The van der Waals surface area contributed by atoms with E-state index in [4.69, 9.17) is 10.8 Å². The summed E-state index contributed by atoms with van der Waals surface area (Å²) in [5.41, 5.74) is 5.92. The predicted molar refractivity (Wildman–Crippen MR) is 60.3 cm³/mol. The third-order valence-corrected chi connectivity index (χ3v) is 3.23. The lowest BCUT2D eigenvalue weighted by Gasteiger charge is -2.16. The summed E-state index contributed by atoms with van der Waals surface area (Å²) in [4.78, 5) is 10.9. The van der Waals surface area contributed by atoms with Crippen molar-refractivity contribution in [2.45, 2.75) is 44.6 Å². The Bertz CT molecular complexity index is 379. The van der Waals surface area contributed by atoms with Crippen LogP contribution in [0.1, 0.15) is 54.9 Å². The molecule has 1 aliphatic rings. The minimum atomic E-state index is -1.00. The SMILES string of the molecule is Nc1c(C(=O)O)cnn1C1CCCCCC1. The van der Waals surface area contributed by atoms with Crippen molar-refractivity contribution >= 4 is 11.8 Å². The van der Waals surface area contributed by atoms with Gasteiger partial charge in [0.25, 0.3) is 0 Å². The lowest BCUT2D eigenvalue weighted by atomic mass is 10.1. The van der Waals surface area contributed by atoms with Crippen LogP contribution in [0.3, 0.4) is 0 Å². The van der Waals surface area contributed by atoms with Crippen molar-refractivity contribution in [3.63, 3.8) is 0 Å². The smallest absolute Gasteiger partial charge is 0.341 e. The summed E-state index contributed by atoms with van der Waals surface area (Å²) < 4.78 is 1.69. The van der Waals surface area contributed by atoms with E-state index in [1.165, 1.54) is 31.9 Å². The second-order valence-corrected chi connectivity index (χ2v) is 4.34. The molecule has 1 heterocycles. The van der Waals surface area contributed by atoms with Crippen LogP contribution in [0.4, 0.5) is 5.82 Å². The van der Waals surface area contributed by atoms with Crippen molar-refractivity contribution in [3.8, 4) is 0 Å². The van der Waals surface area contributed by atoms with Gasteiger partial charge in [0.05, 0.1) is 12.2 Å². The molecule has 88 valence electrons. The summed E-state index contributed by atoms with van der Waals surface area (Å²) in [7, 11) is 0. The summed E-state index contributed by atoms with van der Waals surface area (Å²) in [6.07, 6.45) is 8.30. The molecule has 1 aromatic rings. The van der Waals surface area contributed by atoms with Gasteiger partial charge in [0, 0.05) is 0 Å². The molecule has 0 unspecified atom stereocenters. The van der Waals surface area contributed by atoms with Gasteiger partial charge in [-0.25, -0.2) is 9.48 Å². The van der Waals surface area contributed by atoms with Crippen LogP contribution in [-0.2, 0) is 0 Å². The first-order valence-electron chi connectivity index (χ1n) is 5.76. The quantitative estimate of drug-likeness (QED) is 0.752. The van der Waals surface area contributed by atoms with Crippen LogP contribution in [0.5, 0.6) is 0 Å². The summed E-state index contributed by atoms with van der Waals surface area (Å²) >= 11 is 0. The zero-order chi connectivity index (χ0) is 11.5. The van der Waals surface area contributed by atoms with Gasteiger partial charge in [0.2, 0.25) is 0 Å². The molecule has 1 aromatic heterocycles. The fourth-order valence-corrected chi connectivity index (χ4v) is 2.33. The number of rotatable bonds is 2. The number of hydrogen-bond donors (Lipinski definition) is 2. The van der Waals surface area contributed by atoms with Gasteiger partial charge >= 0.3 is 5.97 Å². The molecule has 0 saturated heterocycles. The minimum Gasteiger partial charge on any atom is -0.477 e. The Labute approximate surface area is 94.2 Å². The number of nitrogens with two attached hydrogens (primary N) is 1. The first-order valence-corrected chi connectivity index (χ1v) is 5.76. The standard InChI is InChI=1S/C11H17N3O2/c12-10-9(11(15)16)7-13-14(10)8-5-3-1-2-4-6-8/h7-8H,1-6,12H2,(H,15,16). The van der Waals surface area contributed by atoms with E-state index in [2.05, 4.69) is 5.10 Å². The van der Waals surface area contributed by atoms with Gasteiger partial charge in [0.1, 0.15) is 11.4 Å². The van der Waals surface area contributed by atoms with Crippen LogP contribution in [0.25, 0.3) is 0 Å². The number of hydrogen-bond acceptors (Lipinski definition) is 3. The molecule has 0 spiro atoms. The number of aromatic nitrogens is 2. The Hall–Kier alpha value is -1.52. The van der Waals surface area contributed by atoms with Gasteiger partial charge in [-0.15, -0.1) is 0 Å². The molecule has 0 radical (unpaired) electrons. The molecule has 0 atom stereocenters. The highest BCUT2D eigenvalue weighted by molar-refractivity contribution is 5.92. The molecule has 5 heteroatoms. The van der Waals surface area contributed by atoms with Gasteiger partial charge in [0.15, 0.2) is 0 Å². The van der Waals surface area contributed by atoms with Crippen LogP contribution in [0.15, 0.2) is 6.20 Å². The molecular weight excluding hydrogens is 206 g/mol. The van der Waals surface area contributed by atoms with Gasteiger partial charge in [-0.1, -0.05) is 25.7 Å². The Morgan fingerprint density at radius 2 is 2.00 bits per heavy atom. The van der Waals surface area contributed by atoms with Crippen LogP contribution in [-0.4, -0.2) is 20.9 Å². The zero-order valence-corrected chi connectivity index (χ0v) is 9.22. The van der Waals surface area contributed by atoms with Crippen molar-refractivity contribution in [2.75, 3.05) is 5.73 Å². The molecule has 0 amide bonds. The van der Waals surface area contributed by atoms with Crippen molar-refractivity contribution in [3.05, 3.63) is 11.8 Å². The lowest BCUT2D eigenvalue weighted by Crippen LogP contribution is -2.13. The van der Waals surface area contributed by atoms with Crippen molar-refractivity contribution < 1.29 is 9.90 Å². The van der Waals surface area contributed by atoms with E-state index in [0.29, 0.717) is 5.82 Å². The molecule has 0 aromatic carbocycles. The first kappa shape index (κ1) is 11.0. The van der Waals surface area contributed by atoms with Crippen LogP contribution >= 0.6 is 0 Å². The monoisotopic (exact) mass is 223 g/mol. The van der Waals surface area contributed by atoms with E-state index >= 15 is 0 Å². The molecule has 1 aliphatic carbocycles. The summed E-state index contributed by atoms with van der Waals surface area (Å²) in [6, 6.07) is 0.274. The van der Waals surface area contributed by atoms with Crippen molar-refractivity contribution in [2.24, 2.45) is 0 Å². The van der Waals surface area contributed by atoms with E-state index in [9.17, 15) is 4.79 Å². The van der Waals surface area contributed by atoms with E-state index in [0.717, 1.165) is 12.8 Å². The highest BCUT2D eigenvalue weighted by atomic mass is 16.4. The molecule has 3 N–H and O–H groups in total. The largest absolute Gasteiger partial charge is 0.477 e. The normalized spacial score (nSPS) is 18.2. The van der Waals surface area contributed by atoms with E-state index in [-0.39, 0.29) is 11.6 Å². The van der Waals surface area contributed by atoms with E-state index in [1.807, 2.05) is 0 Å². The molecule has 0 bridgehead atoms. The van der Waals surface area contributed by atoms with E-state index in [1.54, 1.807) is 4.68 Å². The Balaban J connectivity index is 2.22. The fraction of sp³-hybridized carbons (Fsp3) is 0.636. The molecule has 1 fully saturated rings. The number of carboxylic acid groups (broad SMARTS) is 1. The summed E-state index contributed by atoms with van der Waals surface area (Å²) in [5, 5.41) is 13.0. The maximum atomic E-state index is 10.9. The fourth-order valence-electron chi connectivity index (χ4n) is 2.33. The molecule has 5 nitrogen and oxygen atoms in total. The molecule has 1 saturated carbocycles. The number of nitrogen functional groups attached to an aromatic ring is 1. The molecule has 2 rings (SSSR count). The highest BCUT2D eigenvalue weighted by Crippen LogP contribution is 2.29. The zero-order valence-electron chi connectivity index (χ0n) is 9.22. The number of aromatic carboxylic acids is 1. The van der Waals surface area contributed by atoms with Crippen LogP contribution in [0.2, 0.25) is 0 Å². The molecule has 0 aliphatic heterocycles. The average Bonchev–Trinajstić information content (AvgIpc) is 2.50. The van der Waals surface area contributed by atoms with Gasteiger partial charge in [-0.05, 0) is 12.8 Å². The summed E-state index contributed by atoms with van der Waals surface area (Å²) in [6.45, 7) is 0. The van der Waals surface area contributed by atoms with Gasteiger partial charge in [-0.2, -0.15) is 5.10 Å². The van der Waals surface area contributed by atoms with Gasteiger partial charge < -0.3 is 10.8 Å². The van der Waals surface area contributed by atoms with Crippen molar-refractivity contribution in [1.82, 2.24) is 9.78 Å². The average molecular weight is 223 g/mol. The second kappa shape index (κ2) is 4.55. The highest BCUT2D eigenvalue weighted by Gasteiger charge is 2.20. The number of nitrogens with zero attached hydrogens (tertiary/aromatic N) is 2. The topological polar surface area (TPSA) is 81.1 Å². The van der Waals surface area contributed by atoms with Gasteiger partial charge in [-0.3, -0.25) is 0 Å². The Morgan fingerprint density at radius 1 is 1.38 bits per heavy atom. The lowest BCUT2D eigenvalue weighted by molar-refractivity contribution is 0.0698. The molecular formula is C11H17N3O2. The minimum absolute atomic E-state index is 0.115. The third-order valence-electron chi connectivity index (χ3n) is 3.23. The maximum absolute atomic E-state index is 10.9. The predicted octanol–water partition coefficient (Wildman–Crippen LogP) is 2.06. The van der Waals surface area contributed by atoms with Crippen LogP contribution < -0.4 is 5.73 Å². The number of carboxylic acids is 1. The number of carbonyl (C=O) groups is 1. The Morgan fingerprint density at radius 3 is 2.50 bits per heavy atom. The summed E-state index contributed by atoms with van der Waals surface area (Å²) in [5.74, 6) is -0.711. The van der Waals surface area contributed by atoms with Crippen LogP contribution in [0, 0.1) is 0 Å². The molecule has 16 heavy (non-hydrogen) atoms. The Kier molecular flexibility index (Phi) is 3.12.